The van der Waals surface area contributed by atoms with E-state index in [4.69, 9.17) is 14.2 Å². The highest BCUT2D eigenvalue weighted by atomic mass is 16.6. The van der Waals surface area contributed by atoms with Crippen LogP contribution in [0.25, 0.3) is 0 Å². The number of carbonyl (C=O) groups excluding carboxylic acids is 1. The van der Waals surface area contributed by atoms with Crippen molar-refractivity contribution < 1.29 is 34.3 Å². The Labute approximate surface area is 268 Å². The number of rotatable bonds is 25. The second-order valence-electron chi connectivity index (χ2n) is 14.0. The molecule has 0 aliphatic carbocycles. The molecule has 7 heteroatoms. The highest BCUT2D eigenvalue weighted by Crippen LogP contribution is 2.34. The standard InChI is InChI=1S/C37H66O7/c1-3-4-5-6-7-11-14-17-20-31(39)33-22-24-35(43-33)36-25-23-34(44-36)32(40)21-18-15-12-9-8-10-13-16-19-30(38)27-29-26-28(2)42-37(29)41/h26,28,30-36,38-40H,3-25,27H2,1-2H3/t28-,30-,31+,32+,33+,34+,35+,36+/m0/s1. The van der Waals surface area contributed by atoms with Gasteiger partial charge in [-0.2, -0.15) is 0 Å². The van der Waals surface area contributed by atoms with Gasteiger partial charge in [0.1, 0.15) is 6.10 Å². The van der Waals surface area contributed by atoms with E-state index in [1.807, 2.05) is 13.0 Å². The molecule has 3 heterocycles. The highest BCUT2D eigenvalue weighted by molar-refractivity contribution is 5.90. The molecule has 3 aliphatic rings. The first-order valence-electron chi connectivity index (χ1n) is 18.6. The molecule has 0 saturated carbocycles. The van der Waals surface area contributed by atoms with Gasteiger partial charge in [0.2, 0.25) is 0 Å². The molecule has 44 heavy (non-hydrogen) atoms. The lowest BCUT2D eigenvalue weighted by Gasteiger charge is -2.24. The van der Waals surface area contributed by atoms with Crippen molar-refractivity contribution in [1.82, 2.24) is 0 Å². The molecule has 7 nitrogen and oxygen atoms in total. The fourth-order valence-corrected chi connectivity index (χ4v) is 7.28. The molecule has 0 amide bonds. The lowest BCUT2D eigenvalue weighted by molar-refractivity contribution is -0.139. The van der Waals surface area contributed by atoms with Crippen molar-refractivity contribution in [2.75, 3.05) is 0 Å². The summed E-state index contributed by atoms with van der Waals surface area (Å²) in [6.45, 7) is 4.09. The van der Waals surface area contributed by atoms with Crippen LogP contribution < -0.4 is 0 Å². The summed E-state index contributed by atoms with van der Waals surface area (Å²) in [5, 5.41) is 31.6. The van der Waals surface area contributed by atoms with E-state index in [9.17, 15) is 20.1 Å². The van der Waals surface area contributed by atoms with Crippen molar-refractivity contribution in [3.63, 3.8) is 0 Å². The predicted molar refractivity (Wildman–Crippen MR) is 175 cm³/mol. The van der Waals surface area contributed by atoms with Gasteiger partial charge in [0, 0.05) is 12.0 Å². The van der Waals surface area contributed by atoms with E-state index in [1.54, 1.807) is 0 Å². The van der Waals surface area contributed by atoms with Crippen LogP contribution in [0.3, 0.4) is 0 Å². The molecular weight excluding hydrogens is 556 g/mol. The Balaban J connectivity index is 1.13. The third-order valence-corrected chi connectivity index (χ3v) is 10.0. The molecule has 0 spiro atoms. The van der Waals surface area contributed by atoms with E-state index in [0.29, 0.717) is 12.0 Å². The van der Waals surface area contributed by atoms with Crippen LogP contribution in [-0.2, 0) is 19.0 Å². The van der Waals surface area contributed by atoms with Crippen molar-refractivity contribution in [2.45, 2.75) is 217 Å². The van der Waals surface area contributed by atoms with Crippen molar-refractivity contribution in [3.05, 3.63) is 11.6 Å². The van der Waals surface area contributed by atoms with Gasteiger partial charge >= 0.3 is 5.97 Å². The number of esters is 1. The molecule has 0 radical (unpaired) electrons. The average molecular weight is 623 g/mol. The number of aliphatic hydroxyl groups is 3. The van der Waals surface area contributed by atoms with E-state index in [1.165, 1.54) is 70.6 Å². The number of unbranched alkanes of at least 4 members (excludes halogenated alkanes) is 14. The SMILES string of the molecule is CCCCCCCCCC[C@@H](O)[C@H]1CC[C@H]([C@H]2CC[C@H]([C@H](O)CCCCCCCCCC[C@H](O)CC3=C[C@H](C)OC3=O)O2)O1. The summed E-state index contributed by atoms with van der Waals surface area (Å²) in [7, 11) is 0. The van der Waals surface area contributed by atoms with Gasteiger partial charge in [0.05, 0.1) is 42.7 Å². The van der Waals surface area contributed by atoms with Gasteiger partial charge in [0.15, 0.2) is 0 Å². The van der Waals surface area contributed by atoms with Gasteiger partial charge in [-0.3, -0.25) is 0 Å². The van der Waals surface area contributed by atoms with Gasteiger partial charge < -0.3 is 29.5 Å². The summed E-state index contributed by atoms with van der Waals surface area (Å²) in [5.41, 5.74) is 0.617. The first kappa shape index (κ1) is 37.5. The third-order valence-electron chi connectivity index (χ3n) is 10.0. The molecule has 0 bridgehead atoms. The van der Waals surface area contributed by atoms with Gasteiger partial charge in [-0.15, -0.1) is 0 Å². The molecule has 0 aromatic rings. The zero-order valence-electron chi connectivity index (χ0n) is 28.1. The Morgan fingerprint density at radius 2 is 1.09 bits per heavy atom. The minimum atomic E-state index is -0.463. The smallest absolute Gasteiger partial charge is 0.334 e. The summed E-state index contributed by atoms with van der Waals surface area (Å²) in [6, 6.07) is 0. The van der Waals surface area contributed by atoms with Crippen molar-refractivity contribution in [1.29, 1.82) is 0 Å². The van der Waals surface area contributed by atoms with Crippen molar-refractivity contribution in [3.8, 4) is 0 Å². The van der Waals surface area contributed by atoms with Crippen LogP contribution in [-0.4, -0.2) is 70.1 Å². The summed E-state index contributed by atoms with van der Waals surface area (Å²) in [5.74, 6) is -0.281. The van der Waals surface area contributed by atoms with Gasteiger partial charge in [-0.1, -0.05) is 110 Å². The van der Waals surface area contributed by atoms with Gasteiger partial charge in [-0.25, -0.2) is 4.79 Å². The molecule has 0 aromatic heterocycles. The largest absolute Gasteiger partial charge is 0.455 e. The van der Waals surface area contributed by atoms with Gasteiger partial charge in [-0.05, 0) is 57.9 Å². The molecule has 2 fully saturated rings. The van der Waals surface area contributed by atoms with Crippen LogP contribution in [0.4, 0.5) is 0 Å². The maximum absolute atomic E-state index is 11.7. The predicted octanol–water partition coefficient (Wildman–Crippen LogP) is 7.86. The van der Waals surface area contributed by atoms with Crippen LogP contribution in [0.2, 0.25) is 0 Å². The fraction of sp³-hybridized carbons (Fsp3) is 0.919. The Morgan fingerprint density at radius 3 is 1.52 bits per heavy atom. The molecule has 8 atom stereocenters. The Bertz CT molecular complexity index is 801. The molecule has 2 saturated heterocycles. The first-order valence-corrected chi connectivity index (χ1v) is 18.6. The number of ether oxygens (including phenoxy) is 3. The second-order valence-corrected chi connectivity index (χ2v) is 14.0. The normalized spacial score (nSPS) is 27.4. The minimum absolute atomic E-state index is 0.0519. The molecule has 3 N–H and O–H groups in total. The molecule has 3 aliphatic heterocycles. The molecular formula is C37H66O7. The number of cyclic esters (lactones) is 1. The zero-order valence-corrected chi connectivity index (χ0v) is 28.1. The topological polar surface area (TPSA) is 105 Å². The number of hydrogen-bond acceptors (Lipinski definition) is 7. The van der Waals surface area contributed by atoms with E-state index in [-0.39, 0.29) is 42.6 Å². The summed E-state index contributed by atoms with van der Waals surface area (Å²) in [6.07, 6.45) is 26.1. The van der Waals surface area contributed by atoms with E-state index < -0.39 is 12.2 Å². The average Bonchev–Trinajstić information content (AvgIpc) is 3.75. The molecule has 0 aromatic carbocycles. The zero-order chi connectivity index (χ0) is 31.6. The number of aliphatic hydroxyl groups excluding tert-OH is 3. The Morgan fingerprint density at radius 1 is 0.659 bits per heavy atom. The minimum Gasteiger partial charge on any atom is -0.455 e. The Kier molecular flexibility index (Phi) is 18.5. The van der Waals surface area contributed by atoms with Crippen LogP contribution in [0.15, 0.2) is 11.6 Å². The second kappa shape index (κ2) is 21.7. The highest BCUT2D eigenvalue weighted by Gasteiger charge is 2.40. The number of hydrogen-bond donors (Lipinski definition) is 3. The molecule has 0 unspecified atom stereocenters. The van der Waals surface area contributed by atoms with E-state index in [0.717, 1.165) is 77.0 Å². The maximum Gasteiger partial charge on any atom is 0.334 e. The third kappa shape index (κ3) is 14.2. The molecule has 256 valence electrons. The van der Waals surface area contributed by atoms with E-state index in [2.05, 4.69) is 6.92 Å². The van der Waals surface area contributed by atoms with Crippen LogP contribution in [0.5, 0.6) is 0 Å². The monoisotopic (exact) mass is 622 g/mol. The van der Waals surface area contributed by atoms with Gasteiger partial charge in [0.25, 0.3) is 0 Å². The summed E-state index contributed by atoms with van der Waals surface area (Å²) in [4.78, 5) is 11.7. The first-order chi connectivity index (χ1) is 21.4. The van der Waals surface area contributed by atoms with Crippen LogP contribution >= 0.6 is 0 Å². The molecule has 3 rings (SSSR count). The van der Waals surface area contributed by atoms with Crippen molar-refractivity contribution >= 4 is 5.97 Å². The summed E-state index contributed by atoms with van der Waals surface area (Å²) >= 11 is 0. The van der Waals surface area contributed by atoms with Crippen molar-refractivity contribution in [2.24, 2.45) is 0 Å². The van der Waals surface area contributed by atoms with E-state index >= 15 is 0 Å². The van der Waals surface area contributed by atoms with Crippen LogP contribution in [0.1, 0.15) is 168 Å². The van der Waals surface area contributed by atoms with Crippen LogP contribution in [0, 0.1) is 0 Å². The summed E-state index contributed by atoms with van der Waals surface area (Å²) < 4.78 is 17.7. The lowest BCUT2D eigenvalue weighted by Crippen LogP contribution is -2.33. The maximum atomic E-state index is 11.7. The quantitative estimate of drug-likeness (QED) is 0.0703. The fourth-order valence-electron chi connectivity index (χ4n) is 7.28. The lowest BCUT2D eigenvalue weighted by atomic mass is 10.00. The number of carbonyl (C=O) groups is 1. The Hall–Kier alpha value is -0.990.